The minimum atomic E-state index is -3.19. The first-order valence-electron chi connectivity index (χ1n) is 10.7. The van der Waals surface area contributed by atoms with Gasteiger partial charge in [-0.05, 0) is 73.7 Å². The van der Waals surface area contributed by atoms with Crippen molar-refractivity contribution in [3.63, 3.8) is 0 Å². The average molecular weight is 459 g/mol. The van der Waals surface area contributed by atoms with Crippen molar-refractivity contribution in [3.8, 4) is 11.8 Å². The molecular weight excluding hydrogens is 432 g/mol. The van der Waals surface area contributed by atoms with E-state index in [9.17, 15) is 13.7 Å². The molecule has 2 saturated heterocycles. The molecule has 0 radical (unpaired) electrons. The standard InChI is InChI=1S/C24H27ClN2O3S/c1-31(28,29)24-7-5-23(6-8-24)30-16-19-13-22-4-2-3-21(27(22)15-19)12-17-9-18(14-26)11-20(25)10-17/h5-11,19,21-22H,2-4,12-13,15-16H2,1H3. The van der Waals surface area contributed by atoms with Crippen LogP contribution in [0.25, 0.3) is 0 Å². The minimum absolute atomic E-state index is 0.307. The second kappa shape index (κ2) is 9.20. The summed E-state index contributed by atoms with van der Waals surface area (Å²) in [6.45, 7) is 1.64. The van der Waals surface area contributed by atoms with Crippen LogP contribution in [0.5, 0.6) is 5.75 Å². The first kappa shape index (κ1) is 22.1. The zero-order chi connectivity index (χ0) is 22.0. The highest BCUT2D eigenvalue weighted by molar-refractivity contribution is 7.90. The quantitative estimate of drug-likeness (QED) is 0.638. The first-order valence-corrected chi connectivity index (χ1v) is 13.0. The maximum atomic E-state index is 11.6. The van der Waals surface area contributed by atoms with Crippen LogP contribution in [-0.2, 0) is 16.3 Å². The molecule has 2 aliphatic rings. The molecule has 7 heteroatoms. The van der Waals surface area contributed by atoms with Gasteiger partial charge < -0.3 is 4.74 Å². The number of halogens is 1. The molecule has 0 bridgehead atoms. The molecule has 0 aliphatic carbocycles. The summed E-state index contributed by atoms with van der Waals surface area (Å²) in [4.78, 5) is 2.93. The van der Waals surface area contributed by atoms with Gasteiger partial charge in [0, 0.05) is 35.8 Å². The van der Waals surface area contributed by atoms with E-state index in [2.05, 4.69) is 11.0 Å². The summed E-state index contributed by atoms with van der Waals surface area (Å²) in [5.74, 6) is 1.16. The number of rotatable bonds is 6. The predicted molar refractivity (Wildman–Crippen MR) is 121 cm³/mol. The van der Waals surface area contributed by atoms with Gasteiger partial charge >= 0.3 is 0 Å². The van der Waals surface area contributed by atoms with E-state index < -0.39 is 9.84 Å². The molecule has 31 heavy (non-hydrogen) atoms. The van der Waals surface area contributed by atoms with E-state index in [0.717, 1.165) is 31.4 Å². The van der Waals surface area contributed by atoms with Crippen molar-refractivity contribution in [2.75, 3.05) is 19.4 Å². The molecule has 164 valence electrons. The van der Waals surface area contributed by atoms with E-state index >= 15 is 0 Å². The number of hydrogen-bond donors (Lipinski definition) is 0. The maximum absolute atomic E-state index is 11.6. The number of fused-ring (bicyclic) bond motifs is 1. The summed E-state index contributed by atoms with van der Waals surface area (Å²) < 4.78 is 29.2. The number of sulfone groups is 1. The van der Waals surface area contributed by atoms with E-state index in [1.807, 2.05) is 12.1 Å². The average Bonchev–Trinajstić information content (AvgIpc) is 3.16. The minimum Gasteiger partial charge on any atom is -0.493 e. The molecule has 3 unspecified atom stereocenters. The molecular formula is C24H27ClN2O3S. The Bertz CT molecular complexity index is 1080. The lowest BCUT2D eigenvalue weighted by Crippen LogP contribution is -2.44. The number of hydrogen-bond acceptors (Lipinski definition) is 5. The molecule has 2 aliphatic heterocycles. The van der Waals surface area contributed by atoms with Crippen molar-refractivity contribution in [1.29, 1.82) is 5.26 Å². The lowest BCUT2D eigenvalue weighted by molar-refractivity contribution is 0.119. The Balaban J connectivity index is 1.37. The third kappa shape index (κ3) is 5.41. The first-order chi connectivity index (χ1) is 14.8. The lowest BCUT2D eigenvalue weighted by atomic mass is 9.91. The smallest absolute Gasteiger partial charge is 0.175 e. The molecule has 4 rings (SSSR count). The van der Waals surface area contributed by atoms with Gasteiger partial charge in [0.2, 0.25) is 0 Å². The molecule has 0 spiro atoms. The molecule has 2 fully saturated rings. The number of nitrogens with zero attached hydrogens (tertiary/aromatic N) is 2. The molecule has 0 N–H and O–H groups in total. The zero-order valence-electron chi connectivity index (χ0n) is 17.6. The maximum Gasteiger partial charge on any atom is 0.175 e. The highest BCUT2D eigenvalue weighted by Gasteiger charge is 2.38. The SMILES string of the molecule is CS(=O)(=O)c1ccc(OCC2CC3CCCC(Cc4cc(Cl)cc(C#N)c4)N3C2)cc1. The Kier molecular flexibility index (Phi) is 6.57. The van der Waals surface area contributed by atoms with Crippen molar-refractivity contribution in [2.45, 2.75) is 49.1 Å². The van der Waals surface area contributed by atoms with Crippen LogP contribution in [0.2, 0.25) is 5.02 Å². The Morgan fingerprint density at radius 2 is 1.97 bits per heavy atom. The Hall–Kier alpha value is -2.07. The van der Waals surface area contributed by atoms with Crippen molar-refractivity contribution >= 4 is 21.4 Å². The Labute approximate surface area is 189 Å². The van der Waals surface area contributed by atoms with Gasteiger partial charge in [-0.15, -0.1) is 0 Å². The summed E-state index contributed by atoms with van der Waals surface area (Å²) in [6.07, 6.45) is 6.83. The van der Waals surface area contributed by atoms with Crippen molar-refractivity contribution in [1.82, 2.24) is 4.90 Å². The number of nitriles is 1. The number of benzene rings is 2. The van der Waals surface area contributed by atoms with Crippen LogP contribution in [0.3, 0.4) is 0 Å². The normalized spacial score (nSPS) is 23.8. The van der Waals surface area contributed by atoms with Gasteiger partial charge in [0.25, 0.3) is 0 Å². The third-order valence-corrected chi connectivity index (χ3v) is 7.73. The van der Waals surface area contributed by atoms with Crippen LogP contribution in [0.4, 0.5) is 0 Å². The topological polar surface area (TPSA) is 70.4 Å². The summed E-state index contributed by atoms with van der Waals surface area (Å²) in [5.41, 5.74) is 1.74. The Morgan fingerprint density at radius 1 is 1.19 bits per heavy atom. The van der Waals surface area contributed by atoms with Gasteiger partial charge in [0.15, 0.2) is 9.84 Å². The summed E-state index contributed by atoms with van der Waals surface area (Å²) in [5, 5.41) is 9.84. The second-order valence-electron chi connectivity index (χ2n) is 8.76. The fourth-order valence-corrected chi connectivity index (χ4v) is 5.86. The summed E-state index contributed by atoms with van der Waals surface area (Å²) in [6, 6.07) is 15.5. The van der Waals surface area contributed by atoms with Gasteiger partial charge in [-0.1, -0.05) is 18.0 Å². The van der Waals surface area contributed by atoms with Gasteiger partial charge in [0.05, 0.1) is 23.1 Å². The van der Waals surface area contributed by atoms with Gasteiger partial charge in [-0.2, -0.15) is 5.26 Å². The van der Waals surface area contributed by atoms with E-state index in [1.54, 1.807) is 30.3 Å². The molecule has 0 saturated carbocycles. The van der Waals surface area contributed by atoms with Gasteiger partial charge in [0.1, 0.15) is 5.75 Å². The van der Waals surface area contributed by atoms with Crippen LogP contribution in [0.15, 0.2) is 47.4 Å². The highest BCUT2D eigenvalue weighted by Crippen LogP contribution is 2.36. The molecule has 0 aromatic heterocycles. The van der Waals surface area contributed by atoms with Crippen LogP contribution < -0.4 is 4.74 Å². The monoisotopic (exact) mass is 458 g/mol. The molecule has 2 aromatic rings. The fraction of sp³-hybridized carbons (Fsp3) is 0.458. The molecule has 2 aromatic carbocycles. The van der Waals surface area contributed by atoms with Crippen molar-refractivity contribution < 1.29 is 13.2 Å². The largest absolute Gasteiger partial charge is 0.493 e. The van der Waals surface area contributed by atoms with Gasteiger partial charge in [-0.3, -0.25) is 4.90 Å². The number of piperidine rings is 1. The highest BCUT2D eigenvalue weighted by atomic mass is 35.5. The van der Waals surface area contributed by atoms with E-state index in [1.165, 1.54) is 19.1 Å². The van der Waals surface area contributed by atoms with E-state index in [0.29, 0.717) is 45.8 Å². The van der Waals surface area contributed by atoms with Crippen LogP contribution >= 0.6 is 11.6 Å². The lowest BCUT2D eigenvalue weighted by Gasteiger charge is -2.38. The van der Waals surface area contributed by atoms with Crippen molar-refractivity contribution in [3.05, 3.63) is 58.6 Å². The number of ether oxygens (including phenoxy) is 1. The summed E-state index contributed by atoms with van der Waals surface area (Å²) >= 11 is 6.20. The Morgan fingerprint density at radius 3 is 2.68 bits per heavy atom. The van der Waals surface area contributed by atoms with Gasteiger partial charge in [-0.25, -0.2) is 8.42 Å². The van der Waals surface area contributed by atoms with Crippen LogP contribution in [0, 0.1) is 17.2 Å². The molecule has 5 nitrogen and oxygen atoms in total. The summed E-state index contributed by atoms with van der Waals surface area (Å²) in [7, 11) is -3.19. The predicted octanol–water partition coefficient (Wildman–Crippen LogP) is 4.48. The zero-order valence-corrected chi connectivity index (χ0v) is 19.2. The van der Waals surface area contributed by atoms with Crippen LogP contribution in [0.1, 0.15) is 36.8 Å². The van der Waals surface area contributed by atoms with E-state index in [4.69, 9.17) is 16.3 Å². The second-order valence-corrected chi connectivity index (χ2v) is 11.2. The molecule has 0 amide bonds. The van der Waals surface area contributed by atoms with Crippen molar-refractivity contribution in [2.24, 2.45) is 5.92 Å². The molecule has 2 heterocycles. The van der Waals surface area contributed by atoms with E-state index in [-0.39, 0.29) is 0 Å². The third-order valence-electron chi connectivity index (χ3n) is 6.38. The fourth-order valence-electron chi connectivity index (χ4n) is 4.97. The van der Waals surface area contributed by atoms with Crippen LogP contribution in [-0.4, -0.2) is 44.8 Å². The molecule has 3 atom stereocenters.